The molecule has 0 fully saturated rings. The monoisotopic (exact) mass is 407 g/mol. The summed E-state index contributed by atoms with van der Waals surface area (Å²) in [6, 6.07) is 14.7. The Bertz CT molecular complexity index is 818. The fourth-order valence-corrected chi connectivity index (χ4v) is 3.08. The second-order valence-electron chi connectivity index (χ2n) is 4.77. The molecule has 0 bridgehead atoms. The molecule has 7 heteroatoms. The highest BCUT2D eigenvalue weighted by Gasteiger charge is 2.10. The minimum absolute atomic E-state index is 0.202. The number of benzene rings is 2. The minimum atomic E-state index is -0.202. The van der Waals surface area contributed by atoms with Crippen LogP contribution in [0.4, 0.5) is 5.13 Å². The van der Waals surface area contributed by atoms with Crippen LogP contribution >= 0.6 is 38.9 Å². The lowest BCUT2D eigenvalue weighted by Crippen LogP contribution is -2.11. The van der Waals surface area contributed by atoms with Gasteiger partial charge in [-0.3, -0.25) is 10.1 Å². The van der Waals surface area contributed by atoms with Crippen molar-refractivity contribution >= 4 is 49.9 Å². The molecule has 1 aromatic heterocycles. The average Bonchev–Trinajstić information content (AvgIpc) is 2.97. The smallest absolute Gasteiger partial charge is 0.257 e. The first-order chi connectivity index (χ1) is 11.1. The van der Waals surface area contributed by atoms with Crippen molar-refractivity contribution in [2.24, 2.45) is 0 Å². The zero-order chi connectivity index (χ0) is 16.2. The van der Waals surface area contributed by atoms with Gasteiger partial charge in [0.25, 0.3) is 5.91 Å². The minimum Gasteiger partial charge on any atom is -0.296 e. The summed E-state index contributed by atoms with van der Waals surface area (Å²) in [5.74, 6) is -0.202. The van der Waals surface area contributed by atoms with Crippen molar-refractivity contribution < 1.29 is 4.79 Å². The Labute approximate surface area is 150 Å². The molecule has 0 saturated heterocycles. The number of hydrogen-bond donors (Lipinski definition) is 1. The van der Waals surface area contributed by atoms with Crippen LogP contribution in [-0.2, 0) is 6.42 Å². The van der Waals surface area contributed by atoms with Crippen molar-refractivity contribution in [3.63, 3.8) is 0 Å². The Morgan fingerprint density at radius 2 is 1.78 bits per heavy atom. The van der Waals surface area contributed by atoms with E-state index in [2.05, 4.69) is 31.4 Å². The van der Waals surface area contributed by atoms with Crippen molar-refractivity contribution in [2.75, 3.05) is 5.32 Å². The normalized spacial score (nSPS) is 10.5. The second kappa shape index (κ2) is 7.21. The van der Waals surface area contributed by atoms with Crippen molar-refractivity contribution in [1.29, 1.82) is 0 Å². The van der Waals surface area contributed by atoms with Gasteiger partial charge in [-0.2, -0.15) is 0 Å². The first-order valence-electron chi connectivity index (χ1n) is 6.74. The molecule has 0 saturated carbocycles. The van der Waals surface area contributed by atoms with E-state index in [1.165, 1.54) is 11.3 Å². The molecule has 23 heavy (non-hydrogen) atoms. The molecule has 0 spiro atoms. The number of rotatable bonds is 4. The fraction of sp³-hybridized carbons (Fsp3) is 0.0625. The first-order valence-corrected chi connectivity index (χ1v) is 8.72. The Morgan fingerprint density at radius 1 is 1.09 bits per heavy atom. The van der Waals surface area contributed by atoms with E-state index >= 15 is 0 Å². The van der Waals surface area contributed by atoms with E-state index in [4.69, 9.17) is 11.6 Å². The predicted octanol–water partition coefficient (Wildman–Crippen LogP) is 4.80. The lowest BCUT2D eigenvalue weighted by molar-refractivity contribution is 0.102. The number of nitrogens with one attached hydrogen (secondary N) is 1. The summed E-state index contributed by atoms with van der Waals surface area (Å²) in [5.41, 5.74) is 1.67. The van der Waals surface area contributed by atoms with E-state index in [0.29, 0.717) is 22.1 Å². The Kier molecular flexibility index (Phi) is 5.05. The number of carbonyl (C=O) groups excluding carboxylic acids is 1. The lowest BCUT2D eigenvalue weighted by Gasteiger charge is -2.00. The maximum absolute atomic E-state index is 12.1. The summed E-state index contributed by atoms with van der Waals surface area (Å²) in [7, 11) is 0. The van der Waals surface area contributed by atoms with Crippen molar-refractivity contribution in [3.05, 3.63) is 74.2 Å². The number of halogens is 2. The van der Waals surface area contributed by atoms with Gasteiger partial charge in [0, 0.05) is 21.5 Å². The van der Waals surface area contributed by atoms with E-state index in [1.54, 1.807) is 12.1 Å². The van der Waals surface area contributed by atoms with Crippen LogP contribution < -0.4 is 5.32 Å². The van der Waals surface area contributed by atoms with Gasteiger partial charge in [0.05, 0.1) is 0 Å². The van der Waals surface area contributed by atoms with Crippen molar-refractivity contribution in [3.8, 4) is 0 Å². The molecule has 0 radical (unpaired) electrons. The Balaban J connectivity index is 1.66. The molecule has 0 aliphatic carbocycles. The van der Waals surface area contributed by atoms with Crippen LogP contribution in [0.5, 0.6) is 0 Å². The van der Waals surface area contributed by atoms with E-state index in [0.717, 1.165) is 15.0 Å². The van der Waals surface area contributed by atoms with Crippen LogP contribution in [-0.4, -0.2) is 16.1 Å². The van der Waals surface area contributed by atoms with Gasteiger partial charge >= 0.3 is 0 Å². The van der Waals surface area contributed by atoms with E-state index in [9.17, 15) is 4.79 Å². The third-order valence-electron chi connectivity index (χ3n) is 3.06. The Morgan fingerprint density at radius 3 is 2.48 bits per heavy atom. The van der Waals surface area contributed by atoms with Crippen LogP contribution in [0.25, 0.3) is 0 Å². The maximum Gasteiger partial charge on any atom is 0.257 e. The standard InChI is InChI=1S/C16H11BrClN3OS/c17-12-5-3-11(4-6-12)15(22)19-16-21-20-14(23-16)9-10-1-7-13(18)8-2-10/h1-8H,9H2,(H,19,21,22). The van der Waals surface area contributed by atoms with Gasteiger partial charge in [0.2, 0.25) is 5.13 Å². The zero-order valence-corrected chi connectivity index (χ0v) is 15.0. The number of nitrogens with zero attached hydrogens (tertiary/aromatic N) is 2. The highest BCUT2D eigenvalue weighted by atomic mass is 79.9. The quantitative estimate of drug-likeness (QED) is 0.675. The summed E-state index contributed by atoms with van der Waals surface area (Å²) >= 11 is 10.6. The molecule has 1 amide bonds. The largest absolute Gasteiger partial charge is 0.296 e. The van der Waals surface area contributed by atoms with E-state index in [1.807, 2.05) is 36.4 Å². The van der Waals surface area contributed by atoms with Gasteiger partial charge in [-0.25, -0.2) is 0 Å². The third kappa shape index (κ3) is 4.37. The third-order valence-corrected chi connectivity index (χ3v) is 4.68. The van der Waals surface area contributed by atoms with Gasteiger partial charge in [0.15, 0.2) is 0 Å². The maximum atomic E-state index is 12.1. The van der Waals surface area contributed by atoms with Crippen LogP contribution in [0.3, 0.4) is 0 Å². The molecule has 0 atom stereocenters. The number of carbonyl (C=O) groups is 1. The first kappa shape index (κ1) is 16.1. The van der Waals surface area contributed by atoms with Gasteiger partial charge < -0.3 is 0 Å². The predicted molar refractivity (Wildman–Crippen MR) is 96.3 cm³/mol. The van der Waals surface area contributed by atoms with Crippen LogP contribution in [0.2, 0.25) is 5.02 Å². The molecule has 116 valence electrons. The van der Waals surface area contributed by atoms with Crippen LogP contribution in [0.1, 0.15) is 20.9 Å². The Hall–Kier alpha value is -1.76. The molecule has 4 nitrogen and oxygen atoms in total. The average molecular weight is 409 g/mol. The summed E-state index contributed by atoms with van der Waals surface area (Å²) in [6.45, 7) is 0. The second-order valence-corrected chi connectivity index (χ2v) is 7.18. The molecule has 0 aliphatic heterocycles. The lowest BCUT2D eigenvalue weighted by atomic mass is 10.2. The molecule has 0 aliphatic rings. The summed E-state index contributed by atoms with van der Waals surface area (Å²) in [5, 5.41) is 12.9. The molecule has 1 N–H and O–H groups in total. The number of aromatic nitrogens is 2. The molecular formula is C16H11BrClN3OS. The summed E-state index contributed by atoms with van der Waals surface area (Å²) < 4.78 is 0.926. The van der Waals surface area contributed by atoms with Gasteiger partial charge in [-0.15, -0.1) is 10.2 Å². The molecule has 1 heterocycles. The molecule has 3 rings (SSSR count). The van der Waals surface area contributed by atoms with Gasteiger partial charge in [0.1, 0.15) is 5.01 Å². The summed E-state index contributed by atoms with van der Waals surface area (Å²) in [4.78, 5) is 12.1. The van der Waals surface area contributed by atoms with Crippen molar-refractivity contribution in [2.45, 2.75) is 6.42 Å². The summed E-state index contributed by atoms with van der Waals surface area (Å²) in [6.07, 6.45) is 0.656. The highest BCUT2D eigenvalue weighted by Crippen LogP contribution is 2.20. The molecule has 3 aromatic rings. The molecular weight excluding hydrogens is 398 g/mol. The fourth-order valence-electron chi connectivity index (χ4n) is 1.92. The van der Waals surface area contributed by atoms with E-state index < -0.39 is 0 Å². The zero-order valence-electron chi connectivity index (χ0n) is 11.8. The van der Waals surface area contributed by atoms with E-state index in [-0.39, 0.29) is 5.91 Å². The van der Waals surface area contributed by atoms with Crippen LogP contribution in [0, 0.1) is 0 Å². The van der Waals surface area contributed by atoms with Gasteiger partial charge in [-0.1, -0.05) is 51.0 Å². The SMILES string of the molecule is O=C(Nc1nnc(Cc2ccc(Cl)cc2)s1)c1ccc(Br)cc1. The molecule has 2 aromatic carbocycles. The number of anilines is 1. The topological polar surface area (TPSA) is 54.9 Å². The molecule has 0 unspecified atom stereocenters. The van der Waals surface area contributed by atoms with Crippen LogP contribution in [0.15, 0.2) is 53.0 Å². The highest BCUT2D eigenvalue weighted by molar-refractivity contribution is 9.10. The van der Waals surface area contributed by atoms with Crippen molar-refractivity contribution in [1.82, 2.24) is 10.2 Å². The number of hydrogen-bond acceptors (Lipinski definition) is 4. The van der Waals surface area contributed by atoms with Gasteiger partial charge in [-0.05, 0) is 42.0 Å². The number of amides is 1.